The Morgan fingerprint density at radius 2 is 2.50 bits per heavy atom. The summed E-state index contributed by atoms with van der Waals surface area (Å²) in [6, 6.07) is 0. The van der Waals surface area contributed by atoms with E-state index in [0.717, 1.165) is 5.56 Å². The van der Waals surface area contributed by atoms with E-state index >= 15 is 0 Å². The molecular formula is C8H12N2O2. The van der Waals surface area contributed by atoms with Crippen LogP contribution in [-0.4, -0.2) is 22.3 Å². The lowest BCUT2D eigenvalue weighted by Gasteiger charge is -2.21. The maximum atomic E-state index is 10.1. The molecule has 0 unspecified atom stereocenters. The quantitative estimate of drug-likeness (QED) is 0.679. The van der Waals surface area contributed by atoms with E-state index < -0.39 is 5.60 Å². The number of ether oxygens (including phenoxy) is 1. The van der Waals surface area contributed by atoms with Crippen molar-refractivity contribution in [3.05, 3.63) is 18.0 Å². The average Bonchev–Trinajstić information content (AvgIpc) is 2.38. The standard InChI is InChI=1S/C8H12N2O2/c1-8(2,12-6-11)3-7-4-9-10-5-7/h4-6H,3H2,1-2H3,(H,9,10). The number of nitrogens with zero attached hydrogens (tertiary/aromatic N) is 1. The molecule has 1 aromatic rings. The molecule has 0 amide bonds. The molecule has 12 heavy (non-hydrogen) atoms. The van der Waals surface area contributed by atoms with Crippen molar-refractivity contribution >= 4 is 6.47 Å². The van der Waals surface area contributed by atoms with Gasteiger partial charge in [-0.3, -0.25) is 9.89 Å². The molecule has 4 heteroatoms. The van der Waals surface area contributed by atoms with Gasteiger partial charge in [0, 0.05) is 12.6 Å². The fraction of sp³-hybridized carbons (Fsp3) is 0.500. The minimum atomic E-state index is -0.453. The van der Waals surface area contributed by atoms with Crippen LogP contribution in [0.15, 0.2) is 12.4 Å². The normalized spacial score (nSPS) is 11.2. The van der Waals surface area contributed by atoms with Crippen molar-refractivity contribution in [2.75, 3.05) is 0 Å². The Morgan fingerprint density at radius 1 is 1.75 bits per heavy atom. The van der Waals surface area contributed by atoms with Crippen LogP contribution in [-0.2, 0) is 16.0 Å². The van der Waals surface area contributed by atoms with Crippen LogP contribution in [0, 0.1) is 0 Å². The lowest BCUT2D eigenvalue weighted by atomic mass is 10.0. The molecule has 0 aromatic carbocycles. The number of carbonyl (C=O) groups is 1. The summed E-state index contributed by atoms with van der Waals surface area (Å²) in [6.07, 6.45) is 4.17. The molecule has 0 spiro atoms. The largest absolute Gasteiger partial charge is 0.462 e. The molecule has 1 rings (SSSR count). The predicted molar refractivity (Wildman–Crippen MR) is 43.5 cm³/mol. The number of nitrogens with one attached hydrogen (secondary N) is 1. The molecule has 1 aromatic heterocycles. The highest BCUT2D eigenvalue weighted by atomic mass is 16.5. The molecule has 0 saturated carbocycles. The van der Waals surface area contributed by atoms with E-state index in [2.05, 4.69) is 10.2 Å². The summed E-state index contributed by atoms with van der Waals surface area (Å²) < 4.78 is 4.88. The fourth-order valence-corrected chi connectivity index (χ4v) is 1.04. The Bertz CT molecular complexity index is 242. The Balaban J connectivity index is 2.55. The molecule has 1 N–H and O–H groups in total. The Morgan fingerprint density at radius 3 is 3.00 bits per heavy atom. The maximum absolute atomic E-state index is 10.1. The summed E-state index contributed by atoms with van der Waals surface area (Å²) in [5.41, 5.74) is 0.577. The first-order valence-electron chi connectivity index (χ1n) is 3.73. The van der Waals surface area contributed by atoms with E-state index in [1.54, 1.807) is 12.4 Å². The average molecular weight is 168 g/mol. The molecular weight excluding hydrogens is 156 g/mol. The van der Waals surface area contributed by atoms with Crippen LogP contribution >= 0.6 is 0 Å². The number of aromatic nitrogens is 2. The second-order valence-corrected chi connectivity index (χ2v) is 3.26. The van der Waals surface area contributed by atoms with Gasteiger partial charge in [0.2, 0.25) is 0 Å². The van der Waals surface area contributed by atoms with Gasteiger partial charge in [-0.05, 0) is 19.4 Å². The third-order valence-electron chi connectivity index (χ3n) is 1.55. The lowest BCUT2D eigenvalue weighted by Crippen LogP contribution is -2.26. The number of carbonyl (C=O) groups excluding carboxylic acids is 1. The number of rotatable bonds is 4. The second kappa shape index (κ2) is 3.38. The van der Waals surface area contributed by atoms with E-state index in [-0.39, 0.29) is 0 Å². The molecule has 0 atom stereocenters. The van der Waals surface area contributed by atoms with Gasteiger partial charge >= 0.3 is 0 Å². The van der Waals surface area contributed by atoms with Gasteiger partial charge in [-0.15, -0.1) is 0 Å². The van der Waals surface area contributed by atoms with Crippen molar-refractivity contribution < 1.29 is 9.53 Å². The maximum Gasteiger partial charge on any atom is 0.293 e. The molecule has 1 heterocycles. The van der Waals surface area contributed by atoms with Crippen LogP contribution in [0.1, 0.15) is 19.4 Å². The van der Waals surface area contributed by atoms with Crippen LogP contribution in [0.3, 0.4) is 0 Å². The number of H-pyrrole nitrogens is 1. The summed E-state index contributed by atoms with van der Waals surface area (Å²) in [5.74, 6) is 0. The van der Waals surface area contributed by atoms with E-state index in [0.29, 0.717) is 12.9 Å². The Labute approximate surface area is 70.9 Å². The van der Waals surface area contributed by atoms with Crippen molar-refractivity contribution in [1.82, 2.24) is 10.2 Å². The molecule has 0 aliphatic heterocycles. The predicted octanol–water partition coefficient (Wildman–Crippen LogP) is 0.904. The topological polar surface area (TPSA) is 55.0 Å². The minimum Gasteiger partial charge on any atom is -0.462 e. The van der Waals surface area contributed by atoms with Crippen LogP contribution < -0.4 is 0 Å². The van der Waals surface area contributed by atoms with Crippen LogP contribution in [0.4, 0.5) is 0 Å². The Hall–Kier alpha value is -1.32. The van der Waals surface area contributed by atoms with Crippen molar-refractivity contribution in [2.45, 2.75) is 25.9 Å². The summed E-state index contributed by atoms with van der Waals surface area (Å²) >= 11 is 0. The third kappa shape index (κ3) is 2.38. The highest BCUT2D eigenvalue weighted by molar-refractivity contribution is 5.38. The van der Waals surface area contributed by atoms with E-state index in [1.807, 2.05) is 13.8 Å². The molecule has 66 valence electrons. The number of hydrogen-bond donors (Lipinski definition) is 1. The highest BCUT2D eigenvalue weighted by Gasteiger charge is 2.19. The molecule has 0 bridgehead atoms. The van der Waals surface area contributed by atoms with Crippen molar-refractivity contribution in [3.63, 3.8) is 0 Å². The molecule has 0 radical (unpaired) electrons. The third-order valence-corrected chi connectivity index (χ3v) is 1.55. The molecule has 0 aliphatic carbocycles. The SMILES string of the molecule is CC(C)(Cc1cn[nH]c1)OC=O. The van der Waals surface area contributed by atoms with Crippen LogP contribution in [0.25, 0.3) is 0 Å². The molecule has 0 fully saturated rings. The first-order chi connectivity index (χ1) is 5.64. The molecule has 0 aliphatic rings. The fourth-order valence-electron chi connectivity index (χ4n) is 1.04. The van der Waals surface area contributed by atoms with Crippen LogP contribution in [0.2, 0.25) is 0 Å². The van der Waals surface area contributed by atoms with E-state index in [4.69, 9.17) is 4.74 Å². The first-order valence-corrected chi connectivity index (χ1v) is 3.73. The highest BCUT2D eigenvalue weighted by Crippen LogP contribution is 2.14. The molecule has 0 saturated heterocycles. The zero-order valence-electron chi connectivity index (χ0n) is 7.20. The van der Waals surface area contributed by atoms with Crippen molar-refractivity contribution in [1.29, 1.82) is 0 Å². The van der Waals surface area contributed by atoms with E-state index in [1.165, 1.54) is 0 Å². The smallest absolute Gasteiger partial charge is 0.293 e. The lowest BCUT2D eigenvalue weighted by molar-refractivity contribution is -0.140. The van der Waals surface area contributed by atoms with Crippen LogP contribution in [0.5, 0.6) is 0 Å². The first kappa shape index (κ1) is 8.77. The van der Waals surface area contributed by atoms with Gasteiger partial charge in [-0.2, -0.15) is 5.10 Å². The van der Waals surface area contributed by atoms with Gasteiger partial charge in [0.15, 0.2) is 0 Å². The van der Waals surface area contributed by atoms with Crippen molar-refractivity contribution in [3.8, 4) is 0 Å². The summed E-state index contributed by atoms with van der Waals surface area (Å²) in [5, 5.41) is 6.50. The summed E-state index contributed by atoms with van der Waals surface area (Å²) in [6.45, 7) is 4.18. The van der Waals surface area contributed by atoms with Gasteiger partial charge in [-0.25, -0.2) is 0 Å². The zero-order chi connectivity index (χ0) is 9.03. The second-order valence-electron chi connectivity index (χ2n) is 3.26. The minimum absolute atomic E-state index is 0.453. The molecule has 4 nitrogen and oxygen atoms in total. The van der Waals surface area contributed by atoms with E-state index in [9.17, 15) is 4.79 Å². The van der Waals surface area contributed by atoms with Gasteiger partial charge in [-0.1, -0.05) is 0 Å². The summed E-state index contributed by atoms with van der Waals surface area (Å²) in [4.78, 5) is 10.1. The monoisotopic (exact) mass is 168 g/mol. The number of hydrogen-bond acceptors (Lipinski definition) is 3. The van der Waals surface area contributed by atoms with Crippen molar-refractivity contribution in [2.24, 2.45) is 0 Å². The van der Waals surface area contributed by atoms with Gasteiger partial charge in [0.05, 0.1) is 6.20 Å². The van der Waals surface area contributed by atoms with Gasteiger partial charge < -0.3 is 4.74 Å². The van der Waals surface area contributed by atoms with Gasteiger partial charge in [0.1, 0.15) is 5.60 Å². The summed E-state index contributed by atoms with van der Waals surface area (Å²) in [7, 11) is 0. The number of aromatic amines is 1. The Kier molecular flexibility index (Phi) is 2.47. The zero-order valence-corrected chi connectivity index (χ0v) is 7.20. The van der Waals surface area contributed by atoms with Gasteiger partial charge in [0.25, 0.3) is 6.47 Å².